The lowest BCUT2D eigenvalue weighted by atomic mass is 10.2. The molecule has 12 heteroatoms. The fraction of sp³-hybridized carbons (Fsp3) is 0.333. The number of rotatable bonds is 5. The van der Waals surface area contributed by atoms with E-state index < -0.39 is 34.0 Å². The largest absolute Gasteiger partial charge is 0.281 e. The SMILES string of the molecule is Cc1cc(S(=O)(=O)Cl)cc(Cl)c1NS(=O)(=O)CS(C)(=O)=O. The average molecular weight is 396 g/mol. The van der Waals surface area contributed by atoms with Crippen LogP contribution in [0.25, 0.3) is 0 Å². The number of aryl methyl sites for hydroxylation is 1. The Labute approximate surface area is 132 Å². The van der Waals surface area contributed by atoms with E-state index in [-0.39, 0.29) is 21.2 Å². The molecule has 21 heavy (non-hydrogen) atoms. The lowest BCUT2D eigenvalue weighted by molar-refractivity contribution is 0.594. The Morgan fingerprint density at radius 3 is 2.00 bits per heavy atom. The minimum atomic E-state index is -4.19. The first kappa shape index (κ1) is 18.5. The molecular weight excluding hydrogens is 385 g/mol. The number of hydrogen-bond acceptors (Lipinski definition) is 6. The normalized spacial score (nSPS) is 13.1. The van der Waals surface area contributed by atoms with Gasteiger partial charge in [0.1, 0.15) is 0 Å². The summed E-state index contributed by atoms with van der Waals surface area (Å²) in [5, 5.41) is -1.34. The van der Waals surface area contributed by atoms with E-state index in [1.54, 1.807) is 0 Å². The van der Waals surface area contributed by atoms with Gasteiger partial charge in [0.2, 0.25) is 10.0 Å². The van der Waals surface area contributed by atoms with Gasteiger partial charge < -0.3 is 0 Å². The maximum Gasteiger partial charge on any atom is 0.261 e. The molecule has 0 saturated heterocycles. The van der Waals surface area contributed by atoms with Gasteiger partial charge >= 0.3 is 0 Å². The first-order valence-electron chi connectivity index (χ1n) is 5.14. The number of anilines is 1. The molecule has 0 saturated carbocycles. The van der Waals surface area contributed by atoms with Gasteiger partial charge in [0.25, 0.3) is 9.05 Å². The van der Waals surface area contributed by atoms with Crippen molar-refractivity contribution >= 4 is 56.9 Å². The minimum Gasteiger partial charge on any atom is -0.281 e. The van der Waals surface area contributed by atoms with E-state index in [9.17, 15) is 25.3 Å². The van der Waals surface area contributed by atoms with Crippen LogP contribution in [0.3, 0.4) is 0 Å². The third-order valence-corrected chi connectivity index (χ3v) is 7.27. The van der Waals surface area contributed by atoms with Crippen LogP contribution in [0.15, 0.2) is 17.0 Å². The van der Waals surface area contributed by atoms with Gasteiger partial charge in [-0.15, -0.1) is 0 Å². The first-order valence-corrected chi connectivity index (χ1v) is 11.5. The molecule has 0 aromatic heterocycles. The molecule has 1 N–H and O–H groups in total. The highest BCUT2D eigenvalue weighted by Crippen LogP contribution is 2.31. The minimum absolute atomic E-state index is 0.107. The van der Waals surface area contributed by atoms with Crippen molar-refractivity contribution in [3.8, 4) is 0 Å². The lowest BCUT2D eigenvalue weighted by Crippen LogP contribution is -2.22. The van der Waals surface area contributed by atoms with Gasteiger partial charge in [0.05, 0.1) is 15.6 Å². The Morgan fingerprint density at radius 1 is 1.10 bits per heavy atom. The molecule has 7 nitrogen and oxygen atoms in total. The molecule has 0 amide bonds. The third-order valence-electron chi connectivity index (χ3n) is 2.17. The summed E-state index contributed by atoms with van der Waals surface area (Å²) in [6.45, 7) is 1.40. The summed E-state index contributed by atoms with van der Waals surface area (Å²) in [7, 11) is -6.81. The van der Waals surface area contributed by atoms with Gasteiger partial charge in [0, 0.05) is 16.9 Å². The van der Waals surface area contributed by atoms with E-state index >= 15 is 0 Å². The number of halogens is 2. The second kappa shape index (κ2) is 5.92. The van der Waals surface area contributed by atoms with Gasteiger partial charge in [-0.2, -0.15) is 0 Å². The molecule has 0 bridgehead atoms. The van der Waals surface area contributed by atoms with Gasteiger partial charge in [-0.1, -0.05) is 11.6 Å². The van der Waals surface area contributed by atoms with Crippen molar-refractivity contribution in [2.45, 2.75) is 11.8 Å². The maximum absolute atomic E-state index is 11.7. The monoisotopic (exact) mass is 395 g/mol. The summed E-state index contributed by atoms with van der Waals surface area (Å²) < 4.78 is 69.9. The second-order valence-corrected chi connectivity index (χ2v) is 11.5. The fourth-order valence-corrected chi connectivity index (χ4v) is 5.80. The zero-order valence-electron chi connectivity index (χ0n) is 10.8. The molecule has 1 aromatic rings. The molecule has 1 aromatic carbocycles. The molecule has 0 aliphatic rings. The summed E-state index contributed by atoms with van der Waals surface area (Å²) in [5.41, 5.74) is 0.0724. The maximum atomic E-state index is 11.7. The molecule has 0 radical (unpaired) electrons. The molecule has 120 valence electrons. The summed E-state index contributed by atoms with van der Waals surface area (Å²) in [6.07, 6.45) is 0.768. The molecule has 0 unspecified atom stereocenters. The van der Waals surface area contributed by atoms with Crippen LogP contribution in [0.1, 0.15) is 5.56 Å². The van der Waals surface area contributed by atoms with Gasteiger partial charge in [-0.05, 0) is 24.6 Å². The average Bonchev–Trinajstić information content (AvgIpc) is 2.18. The Balaban J connectivity index is 3.29. The topological polar surface area (TPSA) is 114 Å². The Morgan fingerprint density at radius 2 is 1.62 bits per heavy atom. The van der Waals surface area contributed by atoms with E-state index in [1.165, 1.54) is 6.92 Å². The highest BCUT2D eigenvalue weighted by molar-refractivity contribution is 8.13. The predicted octanol–water partition coefficient (Wildman–Crippen LogP) is 1.32. The molecule has 1 rings (SSSR count). The van der Waals surface area contributed by atoms with Crippen LogP contribution in [0.4, 0.5) is 5.69 Å². The van der Waals surface area contributed by atoms with E-state index in [4.69, 9.17) is 22.3 Å². The predicted molar refractivity (Wildman–Crippen MR) is 81.5 cm³/mol. The molecule has 0 atom stereocenters. The molecule has 0 spiro atoms. The fourth-order valence-electron chi connectivity index (χ4n) is 1.45. The van der Waals surface area contributed by atoms with E-state index in [2.05, 4.69) is 0 Å². The van der Waals surface area contributed by atoms with Crippen molar-refractivity contribution in [1.82, 2.24) is 0 Å². The van der Waals surface area contributed by atoms with E-state index in [1.807, 2.05) is 4.72 Å². The third kappa shape index (κ3) is 5.62. The second-order valence-electron chi connectivity index (χ2n) is 4.30. The molecule has 0 aliphatic heterocycles. The number of hydrogen-bond donors (Lipinski definition) is 1. The van der Waals surface area contributed by atoms with Crippen molar-refractivity contribution in [2.75, 3.05) is 16.1 Å². The highest BCUT2D eigenvalue weighted by Gasteiger charge is 2.22. The molecule has 0 heterocycles. The van der Waals surface area contributed by atoms with Crippen LogP contribution >= 0.6 is 22.3 Å². The van der Waals surface area contributed by atoms with Gasteiger partial charge in [0.15, 0.2) is 14.9 Å². The summed E-state index contributed by atoms with van der Waals surface area (Å²) in [5.74, 6) is 0. The lowest BCUT2D eigenvalue weighted by Gasteiger charge is -2.12. The van der Waals surface area contributed by atoms with Crippen LogP contribution in [-0.4, -0.2) is 36.6 Å². The van der Waals surface area contributed by atoms with Crippen molar-refractivity contribution in [1.29, 1.82) is 0 Å². The molecule has 0 fully saturated rings. The van der Waals surface area contributed by atoms with Crippen LogP contribution in [-0.2, 0) is 28.9 Å². The summed E-state index contributed by atoms with van der Waals surface area (Å²) in [4.78, 5) is -0.294. The summed E-state index contributed by atoms with van der Waals surface area (Å²) >= 11 is 5.82. The van der Waals surface area contributed by atoms with Crippen molar-refractivity contribution in [3.05, 3.63) is 22.7 Å². The first-order chi connectivity index (χ1) is 9.21. The molecule has 0 aliphatic carbocycles. The van der Waals surface area contributed by atoms with E-state index in [0.29, 0.717) is 0 Å². The zero-order valence-corrected chi connectivity index (χ0v) is 14.8. The van der Waals surface area contributed by atoms with Gasteiger partial charge in [-0.25, -0.2) is 25.3 Å². The van der Waals surface area contributed by atoms with Crippen molar-refractivity contribution < 1.29 is 25.3 Å². The van der Waals surface area contributed by atoms with E-state index in [0.717, 1.165) is 18.4 Å². The Bertz CT molecular complexity index is 851. The standard InChI is InChI=1S/C9H11Cl2NO6S3/c1-6-3-7(21(11,17)18)4-8(10)9(6)12-20(15,16)5-19(2,13)14/h3-4,12H,5H2,1-2H3. The Hall–Kier alpha value is -0.550. The summed E-state index contributed by atoms with van der Waals surface area (Å²) in [6, 6.07) is 2.09. The highest BCUT2D eigenvalue weighted by atomic mass is 35.7. The van der Waals surface area contributed by atoms with Crippen LogP contribution in [0.2, 0.25) is 5.02 Å². The zero-order chi connectivity index (χ0) is 16.6. The van der Waals surface area contributed by atoms with Crippen molar-refractivity contribution in [2.24, 2.45) is 0 Å². The smallest absolute Gasteiger partial charge is 0.261 e. The van der Waals surface area contributed by atoms with Crippen molar-refractivity contribution in [3.63, 3.8) is 0 Å². The Kier molecular flexibility index (Phi) is 5.21. The van der Waals surface area contributed by atoms with Gasteiger partial charge in [-0.3, -0.25) is 4.72 Å². The quantitative estimate of drug-likeness (QED) is 0.751. The molecular formula is C9H11Cl2NO6S3. The van der Waals surface area contributed by atoms with Crippen LogP contribution in [0, 0.1) is 6.92 Å². The van der Waals surface area contributed by atoms with Crippen LogP contribution < -0.4 is 4.72 Å². The number of nitrogens with one attached hydrogen (secondary N) is 1. The number of sulfonamides is 1. The number of sulfone groups is 1. The number of benzene rings is 1. The van der Waals surface area contributed by atoms with Crippen LogP contribution in [0.5, 0.6) is 0 Å².